The van der Waals surface area contributed by atoms with Crippen molar-refractivity contribution in [2.75, 3.05) is 26.2 Å². The molecule has 1 amide bonds. The van der Waals surface area contributed by atoms with Crippen molar-refractivity contribution in [1.82, 2.24) is 19.4 Å². The molecule has 0 bridgehead atoms. The average Bonchev–Trinajstić information content (AvgIpc) is 3.02. The summed E-state index contributed by atoms with van der Waals surface area (Å²) < 4.78 is 6.75. The minimum atomic E-state index is -0.411. The number of oxazole rings is 1. The number of carbonyl (C=O) groups is 1. The molecule has 0 spiro atoms. The van der Waals surface area contributed by atoms with Crippen molar-refractivity contribution in [1.29, 1.82) is 0 Å². The molecule has 7 nitrogen and oxygen atoms in total. The van der Waals surface area contributed by atoms with E-state index in [0.717, 1.165) is 25.2 Å². The van der Waals surface area contributed by atoms with E-state index in [9.17, 15) is 9.59 Å². The summed E-state index contributed by atoms with van der Waals surface area (Å²) in [5.74, 6) is -0.332. The van der Waals surface area contributed by atoms with Crippen LogP contribution in [0.5, 0.6) is 0 Å². The minimum Gasteiger partial charge on any atom is -0.408 e. The molecule has 1 fully saturated rings. The Kier molecular flexibility index (Phi) is 5.02. The SMILES string of the molecule is O=C(CCn1c(=O)oc2ccccc21)N1CCN(Cc2ccncc2)CC1. The predicted molar refractivity (Wildman–Crippen MR) is 101 cm³/mol. The molecule has 2 aromatic heterocycles. The first-order valence-electron chi connectivity index (χ1n) is 9.18. The lowest BCUT2D eigenvalue weighted by Gasteiger charge is -2.34. The van der Waals surface area contributed by atoms with Crippen LogP contribution in [0.25, 0.3) is 11.1 Å². The predicted octanol–water partition coefficient (Wildman–Crippen LogP) is 1.72. The molecular weight excluding hydrogens is 344 g/mol. The number of benzene rings is 1. The van der Waals surface area contributed by atoms with Crippen LogP contribution in [0.3, 0.4) is 0 Å². The molecule has 0 N–H and O–H groups in total. The maximum Gasteiger partial charge on any atom is 0.419 e. The Labute approximate surface area is 156 Å². The van der Waals surface area contributed by atoms with E-state index < -0.39 is 5.76 Å². The second-order valence-corrected chi connectivity index (χ2v) is 6.75. The van der Waals surface area contributed by atoms with Gasteiger partial charge in [0.15, 0.2) is 5.58 Å². The lowest BCUT2D eigenvalue weighted by atomic mass is 10.2. The topological polar surface area (TPSA) is 71.6 Å². The van der Waals surface area contributed by atoms with Crippen LogP contribution in [0.1, 0.15) is 12.0 Å². The first kappa shape index (κ1) is 17.5. The number of pyridine rings is 1. The maximum atomic E-state index is 12.6. The third-order valence-corrected chi connectivity index (χ3v) is 5.00. The van der Waals surface area contributed by atoms with Gasteiger partial charge in [0.05, 0.1) is 5.52 Å². The molecule has 0 atom stereocenters. The van der Waals surface area contributed by atoms with E-state index in [4.69, 9.17) is 4.42 Å². The number of hydrogen-bond acceptors (Lipinski definition) is 5. The molecule has 1 aliphatic heterocycles. The molecule has 4 rings (SSSR count). The number of rotatable bonds is 5. The number of hydrogen-bond donors (Lipinski definition) is 0. The monoisotopic (exact) mass is 366 g/mol. The number of aryl methyl sites for hydroxylation is 1. The molecule has 0 radical (unpaired) electrons. The van der Waals surface area contributed by atoms with E-state index in [1.165, 1.54) is 10.1 Å². The summed E-state index contributed by atoms with van der Waals surface area (Å²) in [7, 11) is 0. The van der Waals surface area contributed by atoms with Crippen LogP contribution in [0.15, 0.2) is 58.0 Å². The normalized spacial score (nSPS) is 15.3. The van der Waals surface area contributed by atoms with E-state index in [2.05, 4.69) is 9.88 Å². The van der Waals surface area contributed by atoms with E-state index in [1.54, 1.807) is 18.5 Å². The summed E-state index contributed by atoms with van der Waals surface area (Å²) in [6.07, 6.45) is 3.90. The standard InChI is InChI=1S/C20H22N4O3/c25-19(7-10-24-17-3-1-2-4-18(17)27-20(24)26)23-13-11-22(12-14-23)15-16-5-8-21-9-6-16/h1-6,8-9H,7,10-15H2. The molecule has 27 heavy (non-hydrogen) atoms. The Bertz CT molecular complexity index is 972. The second kappa shape index (κ2) is 7.75. The van der Waals surface area contributed by atoms with Gasteiger partial charge < -0.3 is 9.32 Å². The van der Waals surface area contributed by atoms with Gasteiger partial charge in [0.25, 0.3) is 0 Å². The van der Waals surface area contributed by atoms with Gasteiger partial charge in [0.2, 0.25) is 5.91 Å². The first-order valence-corrected chi connectivity index (χ1v) is 9.18. The molecule has 3 heterocycles. The van der Waals surface area contributed by atoms with Crippen LogP contribution in [0, 0.1) is 0 Å². The van der Waals surface area contributed by atoms with Gasteiger partial charge in [-0.05, 0) is 29.8 Å². The van der Waals surface area contributed by atoms with Crippen molar-refractivity contribution >= 4 is 17.0 Å². The third kappa shape index (κ3) is 3.93. The van der Waals surface area contributed by atoms with Gasteiger partial charge in [-0.25, -0.2) is 4.79 Å². The Morgan fingerprint density at radius 3 is 2.56 bits per heavy atom. The van der Waals surface area contributed by atoms with Crippen molar-refractivity contribution in [3.05, 3.63) is 64.9 Å². The second-order valence-electron chi connectivity index (χ2n) is 6.75. The van der Waals surface area contributed by atoms with Gasteiger partial charge in [-0.15, -0.1) is 0 Å². The zero-order chi connectivity index (χ0) is 18.6. The van der Waals surface area contributed by atoms with Crippen LogP contribution in [-0.4, -0.2) is 51.4 Å². The maximum absolute atomic E-state index is 12.6. The largest absolute Gasteiger partial charge is 0.419 e. The fourth-order valence-electron chi connectivity index (χ4n) is 3.49. The molecule has 0 saturated carbocycles. The average molecular weight is 366 g/mol. The van der Waals surface area contributed by atoms with Crippen molar-refractivity contribution in [3.8, 4) is 0 Å². The van der Waals surface area contributed by atoms with Crippen LogP contribution in [-0.2, 0) is 17.9 Å². The van der Waals surface area contributed by atoms with Gasteiger partial charge in [-0.2, -0.15) is 0 Å². The molecule has 7 heteroatoms. The van der Waals surface area contributed by atoms with Crippen LogP contribution in [0.2, 0.25) is 0 Å². The zero-order valence-corrected chi connectivity index (χ0v) is 15.1. The Balaban J connectivity index is 1.31. The highest BCUT2D eigenvalue weighted by molar-refractivity contribution is 5.77. The van der Waals surface area contributed by atoms with Crippen molar-refractivity contribution in [2.45, 2.75) is 19.5 Å². The summed E-state index contributed by atoms with van der Waals surface area (Å²) in [5.41, 5.74) is 2.52. The minimum absolute atomic E-state index is 0.0794. The fourth-order valence-corrected chi connectivity index (χ4v) is 3.49. The van der Waals surface area contributed by atoms with Gasteiger partial charge in [0.1, 0.15) is 0 Å². The molecule has 140 valence electrons. The molecule has 0 unspecified atom stereocenters. The van der Waals surface area contributed by atoms with Gasteiger partial charge in [0, 0.05) is 58.1 Å². The number of fused-ring (bicyclic) bond motifs is 1. The number of amides is 1. The Morgan fingerprint density at radius 2 is 1.78 bits per heavy atom. The molecule has 1 aromatic carbocycles. The number of aromatic nitrogens is 2. The Morgan fingerprint density at radius 1 is 1.04 bits per heavy atom. The number of piperazine rings is 1. The highest BCUT2D eigenvalue weighted by Gasteiger charge is 2.21. The smallest absolute Gasteiger partial charge is 0.408 e. The van der Waals surface area contributed by atoms with Crippen molar-refractivity contribution in [3.63, 3.8) is 0 Å². The first-order chi connectivity index (χ1) is 13.2. The quantitative estimate of drug-likeness (QED) is 0.688. The van der Waals surface area contributed by atoms with Crippen LogP contribution in [0.4, 0.5) is 0 Å². The molecule has 0 aliphatic carbocycles. The summed E-state index contributed by atoms with van der Waals surface area (Å²) in [6.45, 7) is 4.34. The molecule has 1 aliphatic rings. The van der Waals surface area contributed by atoms with E-state index in [0.29, 0.717) is 31.6 Å². The van der Waals surface area contributed by atoms with E-state index in [1.807, 2.05) is 35.2 Å². The van der Waals surface area contributed by atoms with Crippen LogP contribution < -0.4 is 5.76 Å². The molecule has 3 aromatic rings. The lowest BCUT2D eigenvalue weighted by Crippen LogP contribution is -2.48. The number of para-hydroxylation sites is 2. The highest BCUT2D eigenvalue weighted by Crippen LogP contribution is 2.13. The van der Waals surface area contributed by atoms with E-state index >= 15 is 0 Å². The summed E-state index contributed by atoms with van der Waals surface area (Å²) in [5, 5.41) is 0. The zero-order valence-electron chi connectivity index (χ0n) is 15.1. The van der Waals surface area contributed by atoms with E-state index in [-0.39, 0.29) is 5.91 Å². The summed E-state index contributed by atoms with van der Waals surface area (Å²) >= 11 is 0. The van der Waals surface area contributed by atoms with Gasteiger partial charge >= 0.3 is 5.76 Å². The summed E-state index contributed by atoms with van der Waals surface area (Å²) in [4.78, 5) is 32.8. The number of nitrogens with zero attached hydrogens (tertiary/aromatic N) is 4. The lowest BCUT2D eigenvalue weighted by molar-refractivity contribution is -0.133. The molecular formula is C20H22N4O3. The van der Waals surface area contributed by atoms with Gasteiger partial charge in [-0.3, -0.25) is 19.2 Å². The van der Waals surface area contributed by atoms with Gasteiger partial charge in [-0.1, -0.05) is 12.1 Å². The van der Waals surface area contributed by atoms with Crippen molar-refractivity contribution in [2.24, 2.45) is 0 Å². The summed E-state index contributed by atoms with van der Waals surface area (Å²) in [6, 6.07) is 11.3. The molecule has 1 saturated heterocycles. The third-order valence-electron chi connectivity index (χ3n) is 5.00. The van der Waals surface area contributed by atoms with Crippen LogP contribution >= 0.6 is 0 Å². The highest BCUT2D eigenvalue weighted by atomic mass is 16.4. The van der Waals surface area contributed by atoms with Crippen molar-refractivity contribution < 1.29 is 9.21 Å². The Hall–Kier alpha value is -2.93. The number of carbonyl (C=O) groups excluding carboxylic acids is 1. The fraction of sp³-hybridized carbons (Fsp3) is 0.350.